The van der Waals surface area contributed by atoms with Gasteiger partial charge < -0.3 is 14.8 Å². The van der Waals surface area contributed by atoms with Crippen molar-refractivity contribution in [1.29, 1.82) is 0 Å². The summed E-state index contributed by atoms with van der Waals surface area (Å²) in [7, 11) is 0. The van der Waals surface area contributed by atoms with Gasteiger partial charge in [0.25, 0.3) is 0 Å². The molecule has 0 radical (unpaired) electrons. The van der Waals surface area contributed by atoms with Gasteiger partial charge in [-0.2, -0.15) is 13.2 Å². The highest BCUT2D eigenvalue weighted by molar-refractivity contribution is 5.80. The predicted octanol–water partition coefficient (Wildman–Crippen LogP) is 2.67. The SMILES string of the molecule is CCCNC(C)(CCCOCC(F)(F)F)C(=O)OCC. The summed E-state index contributed by atoms with van der Waals surface area (Å²) >= 11 is 0. The Balaban J connectivity index is 4.19. The highest BCUT2D eigenvalue weighted by Crippen LogP contribution is 2.17. The van der Waals surface area contributed by atoms with Crippen LogP contribution in [0.2, 0.25) is 0 Å². The van der Waals surface area contributed by atoms with Crippen LogP contribution in [0.5, 0.6) is 0 Å². The van der Waals surface area contributed by atoms with Crippen LogP contribution in [-0.2, 0) is 14.3 Å². The molecule has 0 aromatic rings. The van der Waals surface area contributed by atoms with Gasteiger partial charge >= 0.3 is 12.1 Å². The first-order valence-corrected chi connectivity index (χ1v) is 6.82. The van der Waals surface area contributed by atoms with Crippen molar-refractivity contribution in [3.8, 4) is 0 Å². The number of ether oxygens (including phenoxy) is 2. The molecule has 7 heteroatoms. The normalized spacial score (nSPS) is 14.9. The van der Waals surface area contributed by atoms with Gasteiger partial charge in [-0.05, 0) is 39.7 Å². The lowest BCUT2D eigenvalue weighted by atomic mass is 9.95. The summed E-state index contributed by atoms with van der Waals surface area (Å²) in [5.74, 6) is -0.385. The highest BCUT2D eigenvalue weighted by Gasteiger charge is 2.33. The number of carbonyl (C=O) groups excluding carboxylic acids is 1. The van der Waals surface area contributed by atoms with Crippen LogP contribution >= 0.6 is 0 Å². The number of hydrogen-bond donors (Lipinski definition) is 1. The van der Waals surface area contributed by atoms with Crippen molar-refractivity contribution < 1.29 is 27.4 Å². The Hall–Kier alpha value is -0.820. The topological polar surface area (TPSA) is 47.6 Å². The molecule has 4 nitrogen and oxygen atoms in total. The van der Waals surface area contributed by atoms with Crippen LogP contribution in [0.25, 0.3) is 0 Å². The molecule has 0 saturated carbocycles. The molecule has 0 rings (SSSR count). The molecule has 0 heterocycles. The Bertz CT molecular complexity index is 285. The maximum Gasteiger partial charge on any atom is 0.411 e. The first-order valence-electron chi connectivity index (χ1n) is 6.82. The zero-order chi connectivity index (χ0) is 15.6. The third-order valence-corrected chi connectivity index (χ3v) is 2.72. The van der Waals surface area contributed by atoms with Crippen LogP contribution in [0.3, 0.4) is 0 Å². The monoisotopic (exact) mass is 299 g/mol. The van der Waals surface area contributed by atoms with Crippen molar-refractivity contribution in [2.24, 2.45) is 0 Å². The molecule has 0 saturated heterocycles. The summed E-state index contributed by atoms with van der Waals surface area (Å²) in [6.45, 7) is 4.99. The lowest BCUT2D eigenvalue weighted by molar-refractivity contribution is -0.174. The van der Waals surface area contributed by atoms with Gasteiger partial charge in [-0.1, -0.05) is 6.92 Å². The van der Waals surface area contributed by atoms with Crippen LogP contribution in [0, 0.1) is 0 Å². The fourth-order valence-electron chi connectivity index (χ4n) is 1.67. The zero-order valence-corrected chi connectivity index (χ0v) is 12.3. The van der Waals surface area contributed by atoms with E-state index >= 15 is 0 Å². The quantitative estimate of drug-likeness (QED) is 0.498. The van der Waals surface area contributed by atoms with E-state index in [1.165, 1.54) is 0 Å². The van der Waals surface area contributed by atoms with E-state index in [1.807, 2.05) is 6.92 Å². The van der Waals surface area contributed by atoms with Crippen molar-refractivity contribution in [2.45, 2.75) is 51.7 Å². The van der Waals surface area contributed by atoms with Crippen molar-refractivity contribution in [3.05, 3.63) is 0 Å². The first-order chi connectivity index (χ1) is 9.25. The van der Waals surface area contributed by atoms with Gasteiger partial charge in [-0.25, -0.2) is 0 Å². The summed E-state index contributed by atoms with van der Waals surface area (Å²) in [5.41, 5.74) is -0.881. The lowest BCUT2D eigenvalue weighted by Gasteiger charge is -2.28. The number of hydrogen-bond acceptors (Lipinski definition) is 4. The standard InChI is InChI=1S/C13H24F3NO3/c1-4-8-17-12(3,11(18)20-5-2)7-6-9-19-10-13(14,15)16/h17H,4-10H2,1-3H3. The molecule has 0 amide bonds. The molecule has 1 unspecified atom stereocenters. The fraction of sp³-hybridized carbons (Fsp3) is 0.923. The van der Waals surface area contributed by atoms with Gasteiger partial charge in [0, 0.05) is 6.61 Å². The summed E-state index contributed by atoms with van der Waals surface area (Å²) in [4.78, 5) is 11.9. The molecular formula is C13H24F3NO3. The smallest absolute Gasteiger partial charge is 0.411 e. The Labute approximate surface area is 118 Å². The molecule has 0 aliphatic carbocycles. The molecule has 0 fully saturated rings. The van der Waals surface area contributed by atoms with E-state index < -0.39 is 18.3 Å². The molecule has 1 N–H and O–H groups in total. The van der Waals surface area contributed by atoms with Gasteiger partial charge in [-0.15, -0.1) is 0 Å². The third kappa shape index (κ3) is 8.37. The average Bonchev–Trinajstić information content (AvgIpc) is 2.35. The minimum absolute atomic E-state index is 0.0394. The van der Waals surface area contributed by atoms with Crippen LogP contribution in [-0.4, -0.2) is 44.0 Å². The van der Waals surface area contributed by atoms with Crippen molar-refractivity contribution in [3.63, 3.8) is 0 Å². The second-order valence-corrected chi connectivity index (χ2v) is 4.75. The van der Waals surface area contributed by atoms with Gasteiger partial charge in [-0.3, -0.25) is 4.79 Å². The van der Waals surface area contributed by atoms with E-state index in [-0.39, 0.29) is 19.2 Å². The van der Waals surface area contributed by atoms with E-state index in [1.54, 1.807) is 13.8 Å². The molecule has 0 aromatic carbocycles. The van der Waals surface area contributed by atoms with Gasteiger partial charge in [0.05, 0.1) is 6.61 Å². The number of nitrogens with one attached hydrogen (secondary N) is 1. The molecule has 0 spiro atoms. The number of halogens is 3. The predicted molar refractivity (Wildman–Crippen MR) is 69.4 cm³/mol. The minimum Gasteiger partial charge on any atom is -0.465 e. The Morgan fingerprint density at radius 2 is 1.90 bits per heavy atom. The first kappa shape index (κ1) is 19.2. The molecule has 0 aromatic heterocycles. The van der Waals surface area contributed by atoms with Crippen LogP contribution < -0.4 is 5.32 Å². The molecule has 0 aliphatic rings. The van der Waals surface area contributed by atoms with Crippen LogP contribution in [0.1, 0.15) is 40.0 Å². The Morgan fingerprint density at radius 3 is 2.40 bits per heavy atom. The van der Waals surface area contributed by atoms with E-state index in [0.717, 1.165) is 6.42 Å². The van der Waals surface area contributed by atoms with Crippen LogP contribution in [0.15, 0.2) is 0 Å². The number of alkyl halides is 3. The zero-order valence-electron chi connectivity index (χ0n) is 12.3. The largest absolute Gasteiger partial charge is 0.465 e. The maximum absolute atomic E-state index is 11.9. The van der Waals surface area contributed by atoms with Crippen molar-refractivity contribution in [2.75, 3.05) is 26.4 Å². The molecule has 20 heavy (non-hydrogen) atoms. The molecule has 0 aliphatic heterocycles. The second-order valence-electron chi connectivity index (χ2n) is 4.75. The third-order valence-electron chi connectivity index (χ3n) is 2.72. The Morgan fingerprint density at radius 1 is 1.25 bits per heavy atom. The Kier molecular flexibility index (Phi) is 8.80. The van der Waals surface area contributed by atoms with Gasteiger partial charge in [0.1, 0.15) is 12.1 Å². The summed E-state index contributed by atoms with van der Waals surface area (Å²) in [5, 5.41) is 3.09. The molecular weight excluding hydrogens is 275 g/mol. The van der Waals surface area contributed by atoms with E-state index in [0.29, 0.717) is 19.4 Å². The number of esters is 1. The molecule has 0 bridgehead atoms. The van der Waals surface area contributed by atoms with Crippen molar-refractivity contribution in [1.82, 2.24) is 5.32 Å². The minimum atomic E-state index is -4.31. The fourth-order valence-corrected chi connectivity index (χ4v) is 1.67. The summed E-state index contributed by atoms with van der Waals surface area (Å²) in [6, 6.07) is 0. The average molecular weight is 299 g/mol. The van der Waals surface area contributed by atoms with Crippen molar-refractivity contribution >= 4 is 5.97 Å². The molecule has 1 atom stereocenters. The lowest BCUT2D eigenvalue weighted by Crippen LogP contribution is -2.51. The molecule has 120 valence electrons. The summed E-state index contributed by atoms with van der Waals surface area (Å²) < 4.78 is 45.2. The van der Waals surface area contributed by atoms with E-state index in [9.17, 15) is 18.0 Å². The van der Waals surface area contributed by atoms with Crippen LogP contribution in [0.4, 0.5) is 13.2 Å². The van der Waals surface area contributed by atoms with Gasteiger partial charge in [0.15, 0.2) is 0 Å². The van der Waals surface area contributed by atoms with E-state index in [4.69, 9.17) is 4.74 Å². The van der Waals surface area contributed by atoms with Gasteiger partial charge in [0.2, 0.25) is 0 Å². The highest BCUT2D eigenvalue weighted by atomic mass is 19.4. The van der Waals surface area contributed by atoms with E-state index in [2.05, 4.69) is 10.1 Å². The number of carbonyl (C=O) groups is 1. The second kappa shape index (κ2) is 9.18. The summed E-state index contributed by atoms with van der Waals surface area (Å²) in [6.07, 6.45) is -2.75. The maximum atomic E-state index is 11.9. The number of rotatable bonds is 10.